The molecule has 0 radical (unpaired) electrons. The summed E-state index contributed by atoms with van der Waals surface area (Å²) in [6, 6.07) is 0. The van der Waals surface area contributed by atoms with Crippen molar-refractivity contribution in [1.82, 2.24) is 0 Å². The molecule has 27 heavy (non-hydrogen) atoms. The molecule has 4 fully saturated rings. The van der Waals surface area contributed by atoms with Crippen molar-refractivity contribution in [3.8, 4) is 0 Å². The second-order valence-electron chi connectivity index (χ2n) is 10.2. The topological polar surface area (TPSA) is 55.8 Å². The van der Waals surface area contributed by atoms with Crippen molar-refractivity contribution in [2.45, 2.75) is 77.7 Å². The molecule has 4 rings (SSSR count). The molecule has 1 N–H and O–H groups in total. The summed E-state index contributed by atoms with van der Waals surface area (Å²) >= 11 is 0. The van der Waals surface area contributed by atoms with Gasteiger partial charge in [-0.3, -0.25) is 4.79 Å². The van der Waals surface area contributed by atoms with E-state index in [1.54, 1.807) is 0 Å². The molecule has 0 aromatic heterocycles. The van der Waals surface area contributed by atoms with E-state index in [1.807, 2.05) is 0 Å². The van der Waals surface area contributed by atoms with Crippen LogP contribution >= 0.6 is 0 Å². The Kier molecular flexibility index (Phi) is 5.70. The third-order valence-corrected chi connectivity index (χ3v) is 9.18. The fourth-order valence-electron chi connectivity index (χ4n) is 7.69. The third kappa shape index (κ3) is 3.40. The lowest BCUT2D eigenvalue weighted by molar-refractivity contribution is -0.146. The number of rotatable bonds is 6. The number of aliphatic hydroxyl groups is 1. The SMILES string of the molecule is C[C@]12CCC(=O)C[C@@H]1CC[C@@H]1[C@@H]2CC[C@]2(C)[C@@H](OCCOCCO)CC[C@@H]12. The Balaban J connectivity index is 1.42. The predicted octanol–water partition coefficient (Wildman–Crippen LogP) is 3.99. The lowest BCUT2D eigenvalue weighted by Crippen LogP contribution is -2.54. The molecule has 0 saturated heterocycles. The zero-order chi connectivity index (χ0) is 19.1. The molecule has 0 bridgehead atoms. The van der Waals surface area contributed by atoms with Crippen molar-refractivity contribution in [3.05, 3.63) is 0 Å². The van der Waals surface area contributed by atoms with Gasteiger partial charge in [0.25, 0.3) is 0 Å². The number of carbonyl (C=O) groups excluding carboxylic acids is 1. The molecule has 4 heteroatoms. The van der Waals surface area contributed by atoms with Crippen LogP contribution in [0.5, 0.6) is 0 Å². The highest BCUT2D eigenvalue weighted by Gasteiger charge is 2.60. The lowest BCUT2D eigenvalue weighted by Gasteiger charge is -2.60. The van der Waals surface area contributed by atoms with E-state index >= 15 is 0 Å². The first-order chi connectivity index (χ1) is 13.0. The van der Waals surface area contributed by atoms with Crippen molar-refractivity contribution in [1.29, 1.82) is 0 Å². The van der Waals surface area contributed by atoms with E-state index in [0.29, 0.717) is 48.5 Å². The van der Waals surface area contributed by atoms with Crippen LogP contribution in [0.4, 0.5) is 0 Å². The van der Waals surface area contributed by atoms with Crippen molar-refractivity contribution < 1.29 is 19.4 Å². The zero-order valence-corrected chi connectivity index (χ0v) is 17.3. The first-order valence-corrected chi connectivity index (χ1v) is 11.3. The quantitative estimate of drug-likeness (QED) is 0.710. The number of aliphatic hydroxyl groups excluding tert-OH is 1. The van der Waals surface area contributed by atoms with Gasteiger partial charge in [-0.1, -0.05) is 13.8 Å². The smallest absolute Gasteiger partial charge is 0.133 e. The van der Waals surface area contributed by atoms with Gasteiger partial charge in [-0.2, -0.15) is 0 Å². The average molecular weight is 379 g/mol. The third-order valence-electron chi connectivity index (χ3n) is 9.18. The maximum absolute atomic E-state index is 12.0. The summed E-state index contributed by atoms with van der Waals surface area (Å²) in [5.41, 5.74) is 0.709. The van der Waals surface area contributed by atoms with Crippen LogP contribution in [0, 0.1) is 34.5 Å². The summed E-state index contributed by atoms with van der Waals surface area (Å²) in [5, 5.41) is 8.82. The van der Waals surface area contributed by atoms with E-state index in [0.717, 1.165) is 37.0 Å². The van der Waals surface area contributed by atoms with Crippen LogP contribution in [-0.4, -0.2) is 43.4 Å². The molecule has 0 aliphatic heterocycles. The first kappa shape index (κ1) is 19.8. The van der Waals surface area contributed by atoms with E-state index in [1.165, 1.54) is 38.5 Å². The lowest BCUT2D eigenvalue weighted by atomic mass is 9.45. The minimum Gasteiger partial charge on any atom is -0.394 e. The van der Waals surface area contributed by atoms with Crippen LogP contribution < -0.4 is 0 Å². The van der Waals surface area contributed by atoms with Gasteiger partial charge in [0.1, 0.15) is 5.78 Å². The number of hydrogen-bond acceptors (Lipinski definition) is 4. The van der Waals surface area contributed by atoms with Gasteiger partial charge in [-0.05, 0) is 79.4 Å². The van der Waals surface area contributed by atoms with Crippen LogP contribution in [-0.2, 0) is 14.3 Å². The largest absolute Gasteiger partial charge is 0.394 e. The molecular formula is C23H38O4. The van der Waals surface area contributed by atoms with Gasteiger partial charge in [-0.25, -0.2) is 0 Å². The minimum absolute atomic E-state index is 0.0810. The first-order valence-electron chi connectivity index (χ1n) is 11.3. The summed E-state index contributed by atoms with van der Waals surface area (Å²) in [6.45, 7) is 6.71. The van der Waals surface area contributed by atoms with E-state index in [-0.39, 0.29) is 6.61 Å². The van der Waals surface area contributed by atoms with Gasteiger partial charge in [-0.15, -0.1) is 0 Å². The van der Waals surface area contributed by atoms with Crippen LogP contribution in [0.2, 0.25) is 0 Å². The highest BCUT2D eigenvalue weighted by atomic mass is 16.5. The van der Waals surface area contributed by atoms with Crippen molar-refractivity contribution >= 4 is 5.78 Å². The number of carbonyl (C=O) groups is 1. The molecule has 0 heterocycles. The van der Waals surface area contributed by atoms with E-state index < -0.39 is 0 Å². The van der Waals surface area contributed by atoms with Gasteiger partial charge in [0.05, 0.1) is 32.5 Å². The molecule has 0 spiro atoms. The van der Waals surface area contributed by atoms with Gasteiger partial charge < -0.3 is 14.6 Å². The van der Waals surface area contributed by atoms with E-state index in [2.05, 4.69) is 13.8 Å². The summed E-state index contributed by atoms with van der Waals surface area (Å²) in [4.78, 5) is 12.0. The number of ether oxygens (including phenoxy) is 2. The zero-order valence-electron chi connectivity index (χ0n) is 17.3. The number of ketones is 1. The summed E-state index contributed by atoms with van der Waals surface area (Å²) in [6.07, 6.45) is 10.8. The molecule has 0 aromatic carbocycles. The van der Waals surface area contributed by atoms with Crippen molar-refractivity contribution in [2.75, 3.05) is 26.4 Å². The molecular weight excluding hydrogens is 340 g/mol. The molecule has 4 saturated carbocycles. The highest BCUT2D eigenvalue weighted by Crippen LogP contribution is 2.66. The van der Waals surface area contributed by atoms with Crippen LogP contribution in [0.15, 0.2) is 0 Å². The normalized spacial score (nSPS) is 46.6. The maximum Gasteiger partial charge on any atom is 0.133 e. The Labute approximate surface area is 164 Å². The monoisotopic (exact) mass is 378 g/mol. The van der Waals surface area contributed by atoms with Crippen LogP contribution in [0.3, 0.4) is 0 Å². The predicted molar refractivity (Wildman–Crippen MR) is 104 cm³/mol. The Bertz CT molecular complexity index is 548. The van der Waals surface area contributed by atoms with Crippen molar-refractivity contribution in [2.24, 2.45) is 34.5 Å². The van der Waals surface area contributed by atoms with Crippen molar-refractivity contribution in [3.63, 3.8) is 0 Å². The summed E-state index contributed by atoms with van der Waals surface area (Å²) in [5.74, 6) is 3.58. The van der Waals surface area contributed by atoms with Gasteiger partial charge in [0.2, 0.25) is 0 Å². The Morgan fingerprint density at radius 2 is 1.78 bits per heavy atom. The van der Waals surface area contributed by atoms with Crippen LogP contribution in [0.25, 0.3) is 0 Å². The molecule has 154 valence electrons. The Morgan fingerprint density at radius 1 is 0.963 bits per heavy atom. The Hall–Kier alpha value is -0.450. The fourth-order valence-corrected chi connectivity index (χ4v) is 7.69. The molecule has 0 aromatic rings. The van der Waals surface area contributed by atoms with Gasteiger partial charge >= 0.3 is 0 Å². The summed E-state index contributed by atoms with van der Waals surface area (Å²) < 4.78 is 11.7. The standard InChI is InChI=1S/C23H38O4/c1-22-9-7-17(25)15-16(22)3-4-18-19-5-6-21(27-14-13-26-12-11-24)23(19,2)10-8-20(18)22/h16,18-21,24H,3-15H2,1-2H3/t16-,18-,19-,20-,21-,22-,23-/m0/s1. The van der Waals surface area contributed by atoms with Gasteiger partial charge in [0, 0.05) is 12.8 Å². The Morgan fingerprint density at radius 3 is 2.59 bits per heavy atom. The molecule has 0 unspecified atom stereocenters. The molecule has 7 atom stereocenters. The minimum atomic E-state index is 0.0810. The second-order valence-corrected chi connectivity index (χ2v) is 10.2. The maximum atomic E-state index is 12.0. The number of Topliss-reactive ketones (excluding diaryl/α,β-unsaturated/α-hetero) is 1. The molecule has 4 aliphatic rings. The second kappa shape index (κ2) is 7.76. The number of fused-ring (bicyclic) bond motifs is 5. The van der Waals surface area contributed by atoms with Gasteiger partial charge in [0.15, 0.2) is 0 Å². The average Bonchev–Trinajstić information content (AvgIpc) is 2.99. The summed E-state index contributed by atoms with van der Waals surface area (Å²) in [7, 11) is 0. The molecule has 0 amide bonds. The highest BCUT2D eigenvalue weighted by molar-refractivity contribution is 5.79. The van der Waals surface area contributed by atoms with Crippen LogP contribution in [0.1, 0.15) is 71.6 Å². The van der Waals surface area contributed by atoms with E-state index in [4.69, 9.17) is 14.6 Å². The molecule has 4 nitrogen and oxygen atoms in total. The fraction of sp³-hybridized carbons (Fsp3) is 0.957. The molecule has 4 aliphatic carbocycles. The van der Waals surface area contributed by atoms with E-state index in [9.17, 15) is 4.79 Å². The number of hydrogen-bond donors (Lipinski definition) is 1.